The van der Waals surface area contributed by atoms with E-state index < -0.39 is 11.8 Å². The molecule has 0 aliphatic carbocycles. The van der Waals surface area contributed by atoms with Crippen LogP contribution >= 0.6 is 0 Å². The summed E-state index contributed by atoms with van der Waals surface area (Å²) in [5.74, 6) is -2.12. The van der Waals surface area contributed by atoms with E-state index in [1.165, 1.54) is 7.11 Å². The van der Waals surface area contributed by atoms with E-state index in [0.717, 1.165) is 6.08 Å². The predicted octanol–water partition coefficient (Wildman–Crippen LogP) is 0.984. The highest BCUT2D eigenvalue weighted by atomic mass is 16.7. The van der Waals surface area contributed by atoms with Gasteiger partial charge in [0, 0.05) is 13.0 Å². The highest BCUT2D eigenvalue weighted by Crippen LogP contribution is 2.33. The summed E-state index contributed by atoms with van der Waals surface area (Å²) >= 11 is 0. The van der Waals surface area contributed by atoms with Crippen molar-refractivity contribution in [2.75, 3.05) is 7.11 Å². The van der Waals surface area contributed by atoms with Crippen LogP contribution in [0.4, 0.5) is 0 Å². The van der Waals surface area contributed by atoms with Gasteiger partial charge in [-0.2, -0.15) is 0 Å². The van der Waals surface area contributed by atoms with Crippen LogP contribution in [0, 0.1) is 5.92 Å². The van der Waals surface area contributed by atoms with Crippen molar-refractivity contribution in [3.63, 3.8) is 0 Å². The number of carbonyl (C=O) groups excluding carboxylic acids is 1. The largest absolute Gasteiger partial charge is 0.506 e. The Hall–Kier alpha value is -1.03. The third-order valence-corrected chi connectivity index (χ3v) is 1.93. The Morgan fingerprint density at radius 2 is 2.25 bits per heavy atom. The van der Waals surface area contributed by atoms with Crippen molar-refractivity contribution in [3.8, 4) is 0 Å². The van der Waals surface area contributed by atoms with Crippen molar-refractivity contribution in [1.82, 2.24) is 0 Å². The molecule has 1 aliphatic rings. The van der Waals surface area contributed by atoms with Crippen LogP contribution in [-0.2, 0) is 14.3 Å². The molecule has 0 spiro atoms. The third kappa shape index (κ3) is 1.08. The fourth-order valence-corrected chi connectivity index (χ4v) is 1.24. The first-order valence-corrected chi connectivity index (χ1v) is 3.72. The summed E-state index contributed by atoms with van der Waals surface area (Å²) < 4.78 is 9.85. The third-order valence-electron chi connectivity index (χ3n) is 1.93. The molecule has 1 rings (SSSR count). The average molecular weight is 172 g/mol. The van der Waals surface area contributed by atoms with Gasteiger partial charge in [0.15, 0.2) is 5.76 Å². The van der Waals surface area contributed by atoms with Gasteiger partial charge in [-0.15, -0.1) is 0 Å². The number of cyclic esters (lactones) is 1. The van der Waals surface area contributed by atoms with Crippen LogP contribution in [0.1, 0.15) is 13.8 Å². The normalized spacial score (nSPS) is 29.0. The maximum Gasteiger partial charge on any atom is 0.337 e. The second-order valence-electron chi connectivity index (χ2n) is 2.98. The number of aliphatic hydroxyl groups excluding tert-OH is 1. The molecule has 1 atom stereocenters. The number of hydrogen-bond acceptors (Lipinski definition) is 4. The number of carbonyl (C=O) groups is 1. The number of methoxy groups -OCH3 is 1. The Kier molecular flexibility index (Phi) is 2.10. The molecule has 0 aromatic carbocycles. The van der Waals surface area contributed by atoms with Crippen molar-refractivity contribution < 1.29 is 19.4 Å². The van der Waals surface area contributed by atoms with Gasteiger partial charge in [0.2, 0.25) is 0 Å². The van der Waals surface area contributed by atoms with E-state index in [1.807, 2.05) is 0 Å². The first-order valence-electron chi connectivity index (χ1n) is 3.72. The molecule has 0 aromatic rings. The van der Waals surface area contributed by atoms with Gasteiger partial charge in [-0.3, -0.25) is 0 Å². The molecule has 68 valence electrons. The molecule has 12 heavy (non-hydrogen) atoms. The first-order chi connectivity index (χ1) is 5.53. The summed E-state index contributed by atoms with van der Waals surface area (Å²) in [6.45, 7) is 3.60. The second-order valence-corrected chi connectivity index (χ2v) is 2.98. The minimum Gasteiger partial charge on any atom is -0.506 e. The smallest absolute Gasteiger partial charge is 0.337 e. The monoisotopic (exact) mass is 172 g/mol. The molecule has 1 heterocycles. The van der Waals surface area contributed by atoms with Crippen molar-refractivity contribution >= 4 is 5.97 Å². The molecule has 0 fully saturated rings. The van der Waals surface area contributed by atoms with Crippen LogP contribution < -0.4 is 0 Å². The Bertz CT molecular complexity index is 231. The SMILES string of the molecule is COC1(C(C)C)OC(=O)C=C1O. The van der Waals surface area contributed by atoms with Crippen molar-refractivity contribution in [3.05, 3.63) is 11.8 Å². The summed E-state index contributed by atoms with van der Waals surface area (Å²) in [5.41, 5.74) is 0. The zero-order valence-corrected chi connectivity index (χ0v) is 7.33. The quantitative estimate of drug-likeness (QED) is 0.631. The van der Waals surface area contributed by atoms with Gasteiger partial charge < -0.3 is 14.6 Å². The standard InChI is InChI=1S/C8H12O4/c1-5(2)8(11-3)6(9)4-7(10)12-8/h4-5,9H,1-3H3. The molecular weight excluding hydrogens is 160 g/mol. The molecule has 0 aromatic heterocycles. The lowest BCUT2D eigenvalue weighted by Gasteiger charge is -2.29. The van der Waals surface area contributed by atoms with Gasteiger partial charge in [-0.05, 0) is 0 Å². The van der Waals surface area contributed by atoms with E-state index >= 15 is 0 Å². The van der Waals surface area contributed by atoms with Crippen molar-refractivity contribution in [2.45, 2.75) is 19.6 Å². The summed E-state index contributed by atoms with van der Waals surface area (Å²) in [4.78, 5) is 10.8. The van der Waals surface area contributed by atoms with E-state index in [-0.39, 0.29) is 11.7 Å². The fourth-order valence-electron chi connectivity index (χ4n) is 1.24. The highest BCUT2D eigenvalue weighted by molar-refractivity contribution is 5.85. The van der Waals surface area contributed by atoms with E-state index in [9.17, 15) is 9.90 Å². The minimum absolute atomic E-state index is 0.120. The molecule has 0 amide bonds. The van der Waals surface area contributed by atoms with E-state index in [0.29, 0.717) is 0 Å². The lowest BCUT2D eigenvalue weighted by Crippen LogP contribution is -2.40. The van der Waals surface area contributed by atoms with Crippen LogP contribution in [0.5, 0.6) is 0 Å². The molecule has 0 bridgehead atoms. The molecule has 1 N–H and O–H groups in total. The van der Waals surface area contributed by atoms with Crippen LogP contribution in [0.15, 0.2) is 11.8 Å². The molecule has 4 nitrogen and oxygen atoms in total. The van der Waals surface area contributed by atoms with Crippen LogP contribution in [0.25, 0.3) is 0 Å². The summed E-state index contributed by atoms with van der Waals surface area (Å²) in [6, 6.07) is 0. The molecule has 4 heteroatoms. The lowest BCUT2D eigenvalue weighted by atomic mass is 10.0. The van der Waals surface area contributed by atoms with Gasteiger partial charge in [-0.1, -0.05) is 13.8 Å². The van der Waals surface area contributed by atoms with Gasteiger partial charge in [-0.25, -0.2) is 4.79 Å². The Morgan fingerprint density at radius 1 is 1.67 bits per heavy atom. The summed E-state index contributed by atoms with van der Waals surface area (Å²) in [7, 11) is 1.39. The Morgan fingerprint density at radius 3 is 2.42 bits per heavy atom. The van der Waals surface area contributed by atoms with Gasteiger partial charge in [0.25, 0.3) is 5.79 Å². The van der Waals surface area contributed by atoms with E-state index in [1.54, 1.807) is 13.8 Å². The van der Waals surface area contributed by atoms with E-state index in [2.05, 4.69) is 0 Å². The topological polar surface area (TPSA) is 55.8 Å². The van der Waals surface area contributed by atoms with Gasteiger partial charge in [0.05, 0.1) is 6.08 Å². The molecular formula is C8H12O4. The number of rotatable bonds is 2. The van der Waals surface area contributed by atoms with Gasteiger partial charge >= 0.3 is 5.97 Å². The summed E-state index contributed by atoms with van der Waals surface area (Å²) in [5, 5.41) is 9.37. The van der Waals surface area contributed by atoms with Gasteiger partial charge in [0.1, 0.15) is 0 Å². The molecule has 1 aliphatic heterocycles. The maximum atomic E-state index is 10.8. The zero-order valence-electron chi connectivity index (χ0n) is 7.33. The highest BCUT2D eigenvalue weighted by Gasteiger charge is 2.47. The Balaban J connectivity index is 2.98. The van der Waals surface area contributed by atoms with Crippen molar-refractivity contribution in [2.24, 2.45) is 5.92 Å². The van der Waals surface area contributed by atoms with Crippen LogP contribution in [0.3, 0.4) is 0 Å². The molecule has 1 unspecified atom stereocenters. The zero-order chi connectivity index (χ0) is 9.35. The molecule has 0 saturated heterocycles. The summed E-state index contributed by atoms with van der Waals surface area (Å²) in [6.07, 6.45) is 1.03. The van der Waals surface area contributed by atoms with E-state index in [4.69, 9.17) is 9.47 Å². The number of aliphatic hydroxyl groups is 1. The number of ether oxygens (including phenoxy) is 2. The maximum absolute atomic E-state index is 10.8. The Labute approximate surface area is 70.8 Å². The minimum atomic E-state index is -1.27. The molecule has 0 radical (unpaired) electrons. The average Bonchev–Trinajstić information content (AvgIpc) is 2.26. The predicted molar refractivity (Wildman–Crippen MR) is 41.4 cm³/mol. The van der Waals surface area contributed by atoms with Crippen molar-refractivity contribution in [1.29, 1.82) is 0 Å². The van der Waals surface area contributed by atoms with Crippen LogP contribution in [-0.4, -0.2) is 24.0 Å². The van der Waals surface area contributed by atoms with Crippen LogP contribution in [0.2, 0.25) is 0 Å². The number of hydrogen-bond donors (Lipinski definition) is 1. The second kappa shape index (κ2) is 2.79. The number of esters is 1. The molecule has 0 saturated carbocycles. The lowest BCUT2D eigenvalue weighted by molar-refractivity contribution is -0.219. The fraction of sp³-hybridized carbons (Fsp3) is 0.625. The first kappa shape index (κ1) is 9.06.